The highest BCUT2D eigenvalue weighted by Gasteiger charge is 2.32. The number of rotatable bonds is 6. The van der Waals surface area contributed by atoms with Gasteiger partial charge in [0, 0.05) is 25.6 Å². The van der Waals surface area contributed by atoms with Crippen molar-refractivity contribution in [3.8, 4) is 0 Å². The predicted molar refractivity (Wildman–Crippen MR) is 82.7 cm³/mol. The van der Waals surface area contributed by atoms with Gasteiger partial charge in [-0.3, -0.25) is 9.59 Å². The molecular weight excluding hydrogens is 278 g/mol. The maximum absolute atomic E-state index is 12.3. The van der Waals surface area contributed by atoms with E-state index in [-0.39, 0.29) is 36.3 Å². The highest BCUT2D eigenvalue weighted by Crippen LogP contribution is 2.19. The molecule has 2 amide bonds. The number of amides is 2. The normalized spacial score (nSPS) is 18.4. The Bertz CT molecular complexity index is 324. The third-order valence-corrected chi connectivity index (χ3v) is 3.48. The van der Waals surface area contributed by atoms with E-state index in [1.807, 2.05) is 6.92 Å². The second-order valence-electron chi connectivity index (χ2n) is 5.83. The number of nitrogens with one attached hydrogen (secondary N) is 1. The summed E-state index contributed by atoms with van der Waals surface area (Å²) in [6.07, 6.45) is 3.19. The first-order valence-corrected chi connectivity index (χ1v) is 7.25. The molecule has 0 bridgehead atoms. The fourth-order valence-corrected chi connectivity index (χ4v) is 2.38. The van der Waals surface area contributed by atoms with Gasteiger partial charge in [-0.05, 0) is 32.1 Å². The highest BCUT2D eigenvalue weighted by molar-refractivity contribution is 5.88. The van der Waals surface area contributed by atoms with Crippen molar-refractivity contribution in [3.63, 3.8) is 0 Å². The van der Waals surface area contributed by atoms with E-state index in [1.54, 1.807) is 4.90 Å². The summed E-state index contributed by atoms with van der Waals surface area (Å²) in [6, 6.07) is -0.399. The van der Waals surface area contributed by atoms with E-state index in [1.165, 1.54) is 0 Å². The zero-order chi connectivity index (χ0) is 14.4. The van der Waals surface area contributed by atoms with E-state index in [4.69, 9.17) is 5.73 Å². The third-order valence-electron chi connectivity index (χ3n) is 3.48. The van der Waals surface area contributed by atoms with E-state index in [9.17, 15) is 9.59 Å². The van der Waals surface area contributed by atoms with Crippen molar-refractivity contribution >= 4 is 24.2 Å². The SMILES string of the molecule is CC(C)CC(C(=O)N[C@@H](C)CN)N1CCCCC1=O.Cl. The minimum absolute atomic E-state index is 0. The first-order valence-electron chi connectivity index (χ1n) is 7.25. The molecule has 20 heavy (non-hydrogen) atoms. The van der Waals surface area contributed by atoms with Gasteiger partial charge in [0.2, 0.25) is 11.8 Å². The third kappa shape index (κ3) is 5.67. The maximum atomic E-state index is 12.3. The average Bonchev–Trinajstić information content (AvgIpc) is 2.36. The summed E-state index contributed by atoms with van der Waals surface area (Å²) in [6.45, 7) is 7.12. The number of carbonyl (C=O) groups excluding carboxylic acids is 2. The molecule has 2 atom stereocenters. The van der Waals surface area contributed by atoms with Crippen LogP contribution in [0.1, 0.15) is 46.5 Å². The van der Waals surface area contributed by atoms with Crippen LogP contribution in [0.15, 0.2) is 0 Å². The van der Waals surface area contributed by atoms with Crippen LogP contribution in [0.5, 0.6) is 0 Å². The molecular formula is C14H28ClN3O2. The summed E-state index contributed by atoms with van der Waals surface area (Å²) in [7, 11) is 0. The molecule has 0 aromatic heterocycles. The van der Waals surface area contributed by atoms with Crippen LogP contribution in [-0.4, -0.2) is 41.9 Å². The molecule has 6 heteroatoms. The number of nitrogens with two attached hydrogens (primary N) is 1. The average molecular weight is 306 g/mol. The molecule has 0 aromatic carbocycles. The highest BCUT2D eigenvalue weighted by atomic mass is 35.5. The van der Waals surface area contributed by atoms with Crippen LogP contribution in [0.25, 0.3) is 0 Å². The molecule has 5 nitrogen and oxygen atoms in total. The van der Waals surface area contributed by atoms with Crippen molar-refractivity contribution in [3.05, 3.63) is 0 Å². The molecule has 0 spiro atoms. The molecule has 1 saturated heterocycles. The molecule has 0 radical (unpaired) electrons. The lowest BCUT2D eigenvalue weighted by molar-refractivity contribution is -0.143. The van der Waals surface area contributed by atoms with Gasteiger partial charge in [-0.25, -0.2) is 0 Å². The Balaban J connectivity index is 0.00000361. The Kier molecular flexibility index (Phi) is 8.81. The van der Waals surface area contributed by atoms with Gasteiger partial charge < -0.3 is 16.0 Å². The van der Waals surface area contributed by atoms with Gasteiger partial charge in [0.05, 0.1) is 0 Å². The molecule has 0 aliphatic carbocycles. The number of piperidine rings is 1. The lowest BCUT2D eigenvalue weighted by Crippen LogP contribution is -2.54. The Labute approximate surface area is 128 Å². The van der Waals surface area contributed by atoms with E-state index in [0.29, 0.717) is 31.8 Å². The van der Waals surface area contributed by atoms with Gasteiger partial charge in [-0.1, -0.05) is 13.8 Å². The Morgan fingerprint density at radius 1 is 1.35 bits per heavy atom. The molecule has 118 valence electrons. The summed E-state index contributed by atoms with van der Waals surface area (Å²) in [5.74, 6) is 0.410. The first kappa shape index (κ1) is 19.2. The van der Waals surface area contributed by atoms with Crippen LogP contribution in [0.4, 0.5) is 0 Å². The van der Waals surface area contributed by atoms with Gasteiger partial charge in [0.15, 0.2) is 0 Å². The van der Waals surface area contributed by atoms with Crippen LogP contribution in [0, 0.1) is 5.92 Å². The molecule has 1 fully saturated rings. The summed E-state index contributed by atoms with van der Waals surface area (Å²) < 4.78 is 0. The molecule has 1 rings (SSSR count). The number of hydrogen-bond acceptors (Lipinski definition) is 3. The predicted octanol–water partition coefficient (Wildman–Crippen LogP) is 1.30. The molecule has 1 aliphatic heterocycles. The van der Waals surface area contributed by atoms with E-state index < -0.39 is 0 Å². The van der Waals surface area contributed by atoms with Crippen LogP contribution in [-0.2, 0) is 9.59 Å². The molecule has 1 heterocycles. The lowest BCUT2D eigenvalue weighted by Gasteiger charge is -2.35. The topological polar surface area (TPSA) is 75.4 Å². The van der Waals surface area contributed by atoms with Crippen molar-refractivity contribution in [2.75, 3.05) is 13.1 Å². The van der Waals surface area contributed by atoms with Gasteiger partial charge in [0.1, 0.15) is 6.04 Å². The van der Waals surface area contributed by atoms with Gasteiger partial charge in [-0.15, -0.1) is 12.4 Å². The molecule has 1 unspecified atom stereocenters. The zero-order valence-corrected chi connectivity index (χ0v) is 13.5. The fourth-order valence-electron chi connectivity index (χ4n) is 2.38. The molecule has 0 saturated carbocycles. The minimum Gasteiger partial charge on any atom is -0.351 e. The Morgan fingerprint density at radius 3 is 2.50 bits per heavy atom. The van der Waals surface area contributed by atoms with Gasteiger partial charge in [-0.2, -0.15) is 0 Å². The smallest absolute Gasteiger partial charge is 0.243 e. The Morgan fingerprint density at radius 2 is 2.00 bits per heavy atom. The van der Waals surface area contributed by atoms with Gasteiger partial charge in [0.25, 0.3) is 0 Å². The standard InChI is InChI=1S/C14H27N3O2.ClH/c1-10(2)8-12(14(19)16-11(3)9-15)17-7-5-4-6-13(17)18;/h10-12H,4-9,15H2,1-3H3,(H,16,19);1H/t11-,12?;/m0./s1. The van der Waals surface area contributed by atoms with Crippen molar-refractivity contribution in [1.29, 1.82) is 0 Å². The van der Waals surface area contributed by atoms with E-state index >= 15 is 0 Å². The quantitative estimate of drug-likeness (QED) is 0.776. The molecule has 1 aliphatic rings. The van der Waals surface area contributed by atoms with Crippen molar-refractivity contribution in [2.45, 2.75) is 58.5 Å². The minimum atomic E-state index is -0.346. The number of halogens is 1. The lowest BCUT2D eigenvalue weighted by atomic mass is 9.98. The second kappa shape index (κ2) is 9.19. The summed E-state index contributed by atoms with van der Waals surface area (Å²) >= 11 is 0. The summed E-state index contributed by atoms with van der Waals surface area (Å²) in [4.78, 5) is 26.1. The number of nitrogens with zero attached hydrogens (tertiary/aromatic N) is 1. The van der Waals surface area contributed by atoms with Crippen LogP contribution in [0.3, 0.4) is 0 Å². The monoisotopic (exact) mass is 305 g/mol. The number of hydrogen-bond donors (Lipinski definition) is 2. The number of likely N-dealkylation sites (tertiary alicyclic amines) is 1. The first-order chi connectivity index (χ1) is 8.95. The largest absolute Gasteiger partial charge is 0.351 e. The van der Waals surface area contributed by atoms with Gasteiger partial charge >= 0.3 is 0 Å². The fraction of sp³-hybridized carbons (Fsp3) is 0.857. The molecule has 3 N–H and O–H groups in total. The second-order valence-corrected chi connectivity index (χ2v) is 5.83. The van der Waals surface area contributed by atoms with Crippen LogP contribution in [0.2, 0.25) is 0 Å². The number of carbonyl (C=O) groups is 2. The maximum Gasteiger partial charge on any atom is 0.243 e. The summed E-state index contributed by atoms with van der Waals surface area (Å²) in [5.41, 5.74) is 5.53. The Hall–Kier alpha value is -0.810. The van der Waals surface area contributed by atoms with E-state index in [0.717, 1.165) is 12.8 Å². The van der Waals surface area contributed by atoms with Crippen molar-refractivity contribution in [1.82, 2.24) is 10.2 Å². The van der Waals surface area contributed by atoms with Crippen molar-refractivity contribution < 1.29 is 9.59 Å². The molecule has 0 aromatic rings. The van der Waals surface area contributed by atoms with E-state index in [2.05, 4.69) is 19.2 Å². The van der Waals surface area contributed by atoms with Crippen LogP contribution >= 0.6 is 12.4 Å². The van der Waals surface area contributed by atoms with Crippen molar-refractivity contribution in [2.24, 2.45) is 11.7 Å². The zero-order valence-electron chi connectivity index (χ0n) is 12.7. The summed E-state index contributed by atoms with van der Waals surface area (Å²) in [5, 5.41) is 2.90. The van der Waals surface area contributed by atoms with Crippen LogP contribution < -0.4 is 11.1 Å².